The molecule has 0 saturated carbocycles. The number of aliphatic hydroxyl groups is 5. The van der Waals surface area contributed by atoms with Gasteiger partial charge >= 0.3 is 0 Å². The number of aliphatic hydroxyl groups excluding tert-OH is 5. The Hall–Kier alpha value is -2.03. The molecule has 0 radical (unpaired) electrons. The zero-order valence-corrected chi connectivity index (χ0v) is 18.5. The second-order valence-electron chi connectivity index (χ2n) is 8.02. The Morgan fingerprint density at radius 2 is 1.61 bits per heavy atom. The van der Waals surface area contributed by atoms with Gasteiger partial charge in [-0.05, 0) is 31.2 Å². The molecule has 12 heteroatoms. The maximum Gasteiger partial charge on any atom is 0.229 e. The van der Waals surface area contributed by atoms with Gasteiger partial charge in [0.25, 0.3) is 0 Å². The molecule has 10 atom stereocenters. The minimum atomic E-state index is -1.55. The highest BCUT2D eigenvalue weighted by Gasteiger charge is 2.51. The first-order valence-electron chi connectivity index (χ1n) is 10.5. The third-order valence-corrected chi connectivity index (χ3v) is 5.64. The van der Waals surface area contributed by atoms with Crippen LogP contribution >= 0.6 is 0 Å². The van der Waals surface area contributed by atoms with Crippen LogP contribution in [0.3, 0.4) is 0 Å². The number of rotatable bonds is 7. The second kappa shape index (κ2) is 10.9. The minimum absolute atomic E-state index is 0.358. The van der Waals surface area contributed by atoms with Gasteiger partial charge in [-0.1, -0.05) is 0 Å². The van der Waals surface area contributed by atoms with E-state index in [0.29, 0.717) is 11.5 Å². The van der Waals surface area contributed by atoms with Crippen LogP contribution in [0.15, 0.2) is 24.3 Å². The first-order valence-corrected chi connectivity index (χ1v) is 10.5. The Labute approximate surface area is 190 Å². The Morgan fingerprint density at radius 1 is 0.970 bits per heavy atom. The van der Waals surface area contributed by atoms with E-state index >= 15 is 0 Å². The zero-order valence-electron chi connectivity index (χ0n) is 18.5. The van der Waals surface area contributed by atoms with E-state index in [4.69, 9.17) is 23.7 Å². The van der Waals surface area contributed by atoms with Crippen LogP contribution in [0.2, 0.25) is 0 Å². The number of ether oxygens (including phenoxy) is 5. The molecule has 0 aliphatic carbocycles. The highest BCUT2D eigenvalue weighted by molar-refractivity contribution is 5.73. The van der Waals surface area contributed by atoms with Gasteiger partial charge in [0, 0.05) is 6.92 Å². The van der Waals surface area contributed by atoms with Crippen LogP contribution in [0.1, 0.15) is 13.8 Å². The molecule has 2 fully saturated rings. The number of hydrogen-bond donors (Lipinski definition) is 6. The molecule has 1 aromatic carbocycles. The molecular weight excluding hydrogens is 442 g/mol. The molecule has 0 spiro atoms. The molecule has 2 aliphatic heterocycles. The lowest BCUT2D eigenvalue weighted by Gasteiger charge is -2.46. The summed E-state index contributed by atoms with van der Waals surface area (Å²) in [4.78, 5) is 11.7. The van der Waals surface area contributed by atoms with Crippen molar-refractivity contribution in [1.29, 1.82) is 0 Å². The molecule has 3 rings (SSSR count). The Kier molecular flexibility index (Phi) is 8.48. The SMILES string of the molecule is COc1ccc(O[C@@H]2O[C@@H](C)[C@H](O)[C@@H](O)[C@H]2O[C@H]2O[C@H](CO)[C@H](O)[C@H](O)[C@H]2NC(C)=O)cc1. The van der Waals surface area contributed by atoms with Crippen LogP contribution in [0, 0.1) is 0 Å². The van der Waals surface area contributed by atoms with Gasteiger partial charge < -0.3 is 54.5 Å². The van der Waals surface area contributed by atoms with E-state index in [2.05, 4.69) is 5.32 Å². The van der Waals surface area contributed by atoms with Crippen LogP contribution in [0.25, 0.3) is 0 Å². The lowest BCUT2D eigenvalue weighted by Crippen LogP contribution is -2.67. The van der Waals surface area contributed by atoms with E-state index in [9.17, 15) is 30.3 Å². The van der Waals surface area contributed by atoms with Crippen LogP contribution in [-0.2, 0) is 19.0 Å². The quantitative estimate of drug-likeness (QED) is 0.255. The summed E-state index contributed by atoms with van der Waals surface area (Å²) in [5.74, 6) is 0.419. The number of benzene rings is 1. The van der Waals surface area contributed by atoms with Crippen molar-refractivity contribution in [3.8, 4) is 11.5 Å². The van der Waals surface area contributed by atoms with Gasteiger partial charge in [0.1, 0.15) is 48.1 Å². The van der Waals surface area contributed by atoms with Crippen molar-refractivity contribution in [2.45, 2.75) is 75.2 Å². The third kappa shape index (κ3) is 5.73. The van der Waals surface area contributed by atoms with E-state index in [1.165, 1.54) is 14.0 Å². The lowest BCUT2D eigenvalue weighted by atomic mass is 9.96. The summed E-state index contributed by atoms with van der Waals surface area (Å²) in [6.07, 6.45) is -11.9. The second-order valence-corrected chi connectivity index (χ2v) is 8.02. The summed E-state index contributed by atoms with van der Waals surface area (Å²) in [5, 5.41) is 53.6. The molecule has 0 bridgehead atoms. The smallest absolute Gasteiger partial charge is 0.229 e. The topological polar surface area (TPSA) is 176 Å². The monoisotopic (exact) mass is 473 g/mol. The number of hydrogen-bond acceptors (Lipinski definition) is 11. The summed E-state index contributed by atoms with van der Waals surface area (Å²) in [5.41, 5.74) is 0. The van der Waals surface area contributed by atoms with Crippen molar-refractivity contribution in [3.63, 3.8) is 0 Å². The van der Waals surface area contributed by atoms with Crippen molar-refractivity contribution < 1.29 is 54.0 Å². The van der Waals surface area contributed by atoms with Crippen molar-refractivity contribution in [3.05, 3.63) is 24.3 Å². The number of carbonyl (C=O) groups excluding carboxylic acids is 1. The molecule has 33 heavy (non-hydrogen) atoms. The fourth-order valence-electron chi connectivity index (χ4n) is 3.77. The summed E-state index contributed by atoms with van der Waals surface area (Å²) in [6.45, 7) is 2.11. The predicted octanol–water partition coefficient (Wildman–Crippen LogP) is -2.13. The largest absolute Gasteiger partial charge is 0.497 e. The van der Waals surface area contributed by atoms with E-state index in [-0.39, 0.29) is 0 Å². The lowest BCUT2D eigenvalue weighted by molar-refractivity contribution is -0.340. The molecule has 1 amide bonds. The highest BCUT2D eigenvalue weighted by atomic mass is 16.7. The molecule has 2 aliphatic rings. The van der Waals surface area contributed by atoms with Gasteiger partial charge in [-0.3, -0.25) is 4.79 Å². The van der Waals surface area contributed by atoms with Crippen molar-refractivity contribution in [1.82, 2.24) is 5.32 Å². The number of methoxy groups -OCH3 is 1. The zero-order chi connectivity index (χ0) is 24.3. The number of nitrogens with one attached hydrogen (secondary N) is 1. The maximum absolute atomic E-state index is 11.7. The normalized spacial score (nSPS) is 39.0. The molecule has 2 saturated heterocycles. The first kappa shape index (κ1) is 25.6. The Balaban J connectivity index is 1.85. The van der Waals surface area contributed by atoms with Crippen LogP contribution in [0.5, 0.6) is 11.5 Å². The van der Waals surface area contributed by atoms with Crippen LogP contribution < -0.4 is 14.8 Å². The first-order chi connectivity index (χ1) is 15.7. The Morgan fingerprint density at radius 3 is 2.18 bits per heavy atom. The average molecular weight is 473 g/mol. The van der Waals surface area contributed by atoms with Gasteiger partial charge in [0.05, 0.1) is 19.8 Å². The Bertz CT molecular complexity index is 778. The summed E-state index contributed by atoms with van der Waals surface area (Å²) >= 11 is 0. The summed E-state index contributed by atoms with van der Waals surface area (Å²) in [7, 11) is 1.52. The summed E-state index contributed by atoms with van der Waals surface area (Å²) in [6, 6.07) is 5.29. The van der Waals surface area contributed by atoms with Crippen LogP contribution in [0.4, 0.5) is 0 Å². The van der Waals surface area contributed by atoms with Gasteiger partial charge in [-0.2, -0.15) is 0 Å². The maximum atomic E-state index is 11.7. The molecule has 0 aromatic heterocycles. The van der Waals surface area contributed by atoms with E-state index in [1.807, 2.05) is 0 Å². The molecule has 6 N–H and O–H groups in total. The van der Waals surface area contributed by atoms with E-state index < -0.39 is 73.9 Å². The van der Waals surface area contributed by atoms with Gasteiger partial charge in [0.15, 0.2) is 12.4 Å². The molecular formula is C21H31NO11. The standard InChI is InChI=1S/C21H31NO11/c1-9-15(25)18(28)19(21(30-9)31-12-6-4-11(29-3)5-7-12)33-20-14(22-10(2)24)17(27)16(26)13(8-23)32-20/h4-7,9,13-21,23,25-28H,8H2,1-3H3,(H,22,24)/t9-,13+,14+,15-,16-,17+,18+,19+,20+,21-/m0/s1. The summed E-state index contributed by atoms with van der Waals surface area (Å²) < 4.78 is 28.1. The van der Waals surface area contributed by atoms with Crippen LogP contribution in [-0.4, -0.2) is 107 Å². The molecule has 2 heterocycles. The number of carbonyl (C=O) groups is 1. The van der Waals surface area contributed by atoms with Gasteiger partial charge in [0.2, 0.25) is 12.2 Å². The predicted molar refractivity (Wildman–Crippen MR) is 110 cm³/mol. The van der Waals surface area contributed by atoms with Crippen molar-refractivity contribution in [2.75, 3.05) is 13.7 Å². The third-order valence-electron chi connectivity index (χ3n) is 5.64. The fourth-order valence-corrected chi connectivity index (χ4v) is 3.77. The minimum Gasteiger partial charge on any atom is -0.497 e. The molecule has 0 unspecified atom stereocenters. The van der Waals surface area contributed by atoms with Gasteiger partial charge in [-0.25, -0.2) is 0 Å². The fraction of sp³-hybridized carbons (Fsp3) is 0.667. The van der Waals surface area contributed by atoms with Crippen molar-refractivity contribution >= 4 is 5.91 Å². The van der Waals surface area contributed by atoms with E-state index in [0.717, 1.165) is 0 Å². The molecule has 1 aromatic rings. The van der Waals surface area contributed by atoms with Crippen molar-refractivity contribution in [2.24, 2.45) is 0 Å². The molecule has 186 valence electrons. The van der Waals surface area contributed by atoms with Gasteiger partial charge in [-0.15, -0.1) is 0 Å². The van der Waals surface area contributed by atoms with E-state index in [1.54, 1.807) is 31.2 Å². The average Bonchev–Trinajstić information content (AvgIpc) is 2.79. The highest BCUT2D eigenvalue weighted by Crippen LogP contribution is 2.31. The molecule has 12 nitrogen and oxygen atoms in total. The number of amides is 1.